The van der Waals surface area contributed by atoms with Crippen LogP contribution < -0.4 is 5.73 Å². The van der Waals surface area contributed by atoms with Gasteiger partial charge in [-0.3, -0.25) is 0 Å². The van der Waals surface area contributed by atoms with Gasteiger partial charge in [-0.25, -0.2) is 4.79 Å². The lowest BCUT2D eigenvalue weighted by atomic mass is 9.84. The van der Waals surface area contributed by atoms with Gasteiger partial charge >= 0.3 is 6.09 Å². The number of carbonyl (C=O) groups is 1. The standard InChI is InChI=1S/C16H25N3O2/c1-16(2,3)21-15(20)19-9-12-4-13(10-19)14-5-11(6-17)7-18(14)8-12/h5,7,12-13H,4,6,8-10,17H2,1-3H3. The number of piperidine rings is 1. The first kappa shape index (κ1) is 14.4. The molecule has 1 fully saturated rings. The maximum Gasteiger partial charge on any atom is 0.410 e. The van der Waals surface area contributed by atoms with Crippen LogP contribution in [0.2, 0.25) is 0 Å². The molecule has 1 amide bonds. The third-order valence-corrected chi connectivity index (χ3v) is 4.28. The van der Waals surface area contributed by atoms with E-state index >= 15 is 0 Å². The number of hydrogen-bond donors (Lipinski definition) is 1. The van der Waals surface area contributed by atoms with Gasteiger partial charge in [0, 0.05) is 44.0 Å². The summed E-state index contributed by atoms with van der Waals surface area (Å²) in [6, 6.07) is 2.19. The zero-order chi connectivity index (χ0) is 15.2. The lowest BCUT2D eigenvalue weighted by molar-refractivity contribution is 0.0104. The summed E-state index contributed by atoms with van der Waals surface area (Å²) in [5, 5.41) is 0. The molecule has 3 heterocycles. The fourth-order valence-corrected chi connectivity index (χ4v) is 3.51. The van der Waals surface area contributed by atoms with Crippen molar-refractivity contribution in [2.75, 3.05) is 13.1 Å². The van der Waals surface area contributed by atoms with Crippen molar-refractivity contribution in [2.24, 2.45) is 11.7 Å². The minimum absolute atomic E-state index is 0.184. The molecule has 0 spiro atoms. The molecule has 2 unspecified atom stereocenters. The Kier molecular flexibility index (Phi) is 3.48. The number of amides is 1. The van der Waals surface area contributed by atoms with Crippen molar-refractivity contribution < 1.29 is 9.53 Å². The van der Waals surface area contributed by atoms with Crippen LogP contribution in [-0.4, -0.2) is 34.3 Å². The number of likely N-dealkylation sites (tertiary alicyclic amines) is 1. The Morgan fingerprint density at radius 3 is 2.81 bits per heavy atom. The highest BCUT2D eigenvalue weighted by Crippen LogP contribution is 2.37. The molecule has 0 aromatic carbocycles. The average Bonchev–Trinajstić information content (AvgIpc) is 2.79. The Balaban J connectivity index is 1.76. The van der Waals surface area contributed by atoms with E-state index in [1.54, 1.807) is 0 Å². The maximum atomic E-state index is 12.3. The third-order valence-electron chi connectivity index (χ3n) is 4.28. The summed E-state index contributed by atoms with van der Waals surface area (Å²) in [5.41, 5.74) is 7.81. The zero-order valence-electron chi connectivity index (χ0n) is 13.1. The van der Waals surface area contributed by atoms with Gasteiger partial charge in [0.1, 0.15) is 5.60 Å². The van der Waals surface area contributed by atoms with Crippen LogP contribution in [0.4, 0.5) is 4.79 Å². The van der Waals surface area contributed by atoms with E-state index in [1.807, 2.05) is 25.7 Å². The van der Waals surface area contributed by atoms with Gasteiger partial charge in [-0.05, 0) is 44.7 Å². The smallest absolute Gasteiger partial charge is 0.410 e. The van der Waals surface area contributed by atoms with E-state index in [1.165, 1.54) is 11.3 Å². The van der Waals surface area contributed by atoms with Crippen molar-refractivity contribution in [3.8, 4) is 0 Å². The normalized spacial score (nSPS) is 24.7. The molecular formula is C16H25N3O2. The van der Waals surface area contributed by atoms with Gasteiger partial charge in [-0.15, -0.1) is 0 Å². The molecular weight excluding hydrogens is 266 g/mol. The van der Waals surface area contributed by atoms with Crippen LogP contribution in [-0.2, 0) is 17.8 Å². The molecule has 1 aromatic rings. The molecule has 21 heavy (non-hydrogen) atoms. The summed E-state index contributed by atoms with van der Waals surface area (Å²) < 4.78 is 7.84. The fourth-order valence-electron chi connectivity index (χ4n) is 3.51. The topological polar surface area (TPSA) is 60.5 Å². The SMILES string of the molecule is CC(C)(C)OC(=O)N1CC2CC(C1)c1cc(CN)cn1C2. The predicted octanol–water partition coefficient (Wildman–Crippen LogP) is 2.30. The molecule has 0 saturated carbocycles. The molecule has 1 aromatic heterocycles. The molecule has 0 aliphatic carbocycles. The number of hydrogen-bond acceptors (Lipinski definition) is 3. The quantitative estimate of drug-likeness (QED) is 0.863. The second kappa shape index (κ2) is 5.05. The first-order chi connectivity index (χ1) is 9.85. The molecule has 5 nitrogen and oxygen atoms in total. The second-order valence-corrected chi connectivity index (χ2v) is 7.31. The minimum atomic E-state index is -0.434. The van der Waals surface area contributed by atoms with E-state index in [0.29, 0.717) is 18.4 Å². The summed E-state index contributed by atoms with van der Waals surface area (Å²) in [5.74, 6) is 0.923. The Hall–Kier alpha value is -1.49. The average molecular weight is 291 g/mol. The third kappa shape index (κ3) is 2.93. The molecule has 116 valence electrons. The Labute approximate surface area is 126 Å². The first-order valence-corrected chi connectivity index (χ1v) is 7.72. The number of nitrogens with zero attached hydrogens (tertiary/aromatic N) is 2. The van der Waals surface area contributed by atoms with Crippen molar-refractivity contribution in [3.05, 3.63) is 23.5 Å². The van der Waals surface area contributed by atoms with E-state index < -0.39 is 5.60 Å². The van der Waals surface area contributed by atoms with Gasteiger partial charge in [0.2, 0.25) is 0 Å². The number of carbonyl (C=O) groups excluding carboxylic acids is 1. The number of rotatable bonds is 1. The zero-order valence-corrected chi connectivity index (χ0v) is 13.1. The van der Waals surface area contributed by atoms with Gasteiger partial charge in [0.05, 0.1) is 0 Å². The van der Waals surface area contributed by atoms with Gasteiger partial charge in [0.25, 0.3) is 0 Å². The van der Waals surface area contributed by atoms with Crippen LogP contribution >= 0.6 is 0 Å². The van der Waals surface area contributed by atoms with Gasteiger partial charge in [-0.1, -0.05) is 0 Å². The van der Waals surface area contributed by atoms with Gasteiger partial charge in [-0.2, -0.15) is 0 Å². The summed E-state index contributed by atoms with van der Waals surface area (Å²) in [7, 11) is 0. The second-order valence-electron chi connectivity index (χ2n) is 7.31. The molecule has 2 bridgehead atoms. The summed E-state index contributed by atoms with van der Waals surface area (Å²) in [4.78, 5) is 14.2. The van der Waals surface area contributed by atoms with E-state index in [-0.39, 0.29) is 6.09 Å². The molecule has 0 radical (unpaired) electrons. The van der Waals surface area contributed by atoms with Gasteiger partial charge < -0.3 is 19.9 Å². The molecule has 2 N–H and O–H groups in total. The molecule has 1 saturated heterocycles. The molecule has 2 atom stereocenters. The molecule has 5 heteroatoms. The van der Waals surface area contributed by atoms with Crippen LogP contribution in [0.5, 0.6) is 0 Å². The van der Waals surface area contributed by atoms with Crippen LogP contribution in [0.1, 0.15) is 44.4 Å². The summed E-state index contributed by atoms with van der Waals surface area (Å²) in [6.45, 7) is 8.83. The Bertz CT molecular complexity index is 544. The largest absolute Gasteiger partial charge is 0.444 e. The maximum absolute atomic E-state index is 12.3. The minimum Gasteiger partial charge on any atom is -0.444 e. The van der Waals surface area contributed by atoms with Crippen molar-refractivity contribution in [1.29, 1.82) is 0 Å². The number of ether oxygens (including phenoxy) is 1. The molecule has 2 aliphatic rings. The monoisotopic (exact) mass is 291 g/mol. The van der Waals surface area contributed by atoms with Crippen LogP contribution in [0.25, 0.3) is 0 Å². The lowest BCUT2D eigenvalue weighted by Gasteiger charge is -2.42. The molecule has 3 rings (SSSR count). The Morgan fingerprint density at radius 1 is 1.38 bits per heavy atom. The number of fused-ring (bicyclic) bond motifs is 4. The van der Waals surface area contributed by atoms with Crippen molar-refractivity contribution in [1.82, 2.24) is 9.47 Å². The Morgan fingerprint density at radius 2 is 2.14 bits per heavy atom. The van der Waals surface area contributed by atoms with Crippen LogP contribution in [0.15, 0.2) is 12.3 Å². The fraction of sp³-hybridized carbons (Fsp3) is 0.688. The lowest BCUT2D eigenvalue weighted by Crippen LogP contribution is -2.48. The summed E-state index contributed by atoms with van der Waals surface area (Å²) >= 11 is 0. The number of aromatic nitrogens is 1. The van der Waals surface area contributed by atoms with E-state index in [2.05, 4.69) is 16.8 Å². The molecule has 2 aliphatic heterocycles. The highest BCUT2D eigenvalue weighted by molar-refractivity contribution is 5.68. The summed E-state index contributed by atoms with van der Waals surface area (Å²) in [6.07, 6.45) is 3.14. The van der Waals surface area contributed by atoms with Crippen molar-refractivity contribution >= 4 is 6.09 Å². The van der Waals surface area contributed by atoms with Crippen molar-refractivity contribution in [2.45, 2.75) is 51.8 Å². The predicted molar refractivity (Wildman–Crippen MR) is 81.0 cm³/mol. The first-order valence-electron chi connectivity index (χ1n) is 7.72. The van der Waals surface area contributed by atoms with Gasteiger partial charge in [0.15, 0.2) is 0 Å². The highest BCUT2D eigenvalue weighted by atomic mass is 16.6. The highest BCUT2D eigenvalue weighted by Gasteiger charge is 2.37. The van der Waals surface area contributed by atoms with Crippen molar-refractivity contribution in [3.63, 3.8) is 0 Å². The van der Waals surface area contributed by atoms with Crippen LogP contribution in [0, 0.1) is 5.92 Å². The van der Waals surface area contributed by atoms with E-state index in [9.17, 15) is 4.79 Å². The van der Waals surface area contributed by atoms with E-state index in [4.69, 9.17) is 10.5 Å². The number of nitrogens with two attached hydrogens (primary N) is 1. The van der Waals surface area contributed by atoms with Crippen LogP contribution in [0.3, 0.4) is 0 Å². The van der Waals surface area contributed by atoms with E-state index in [0.717, 1.165) is 26.1 Å².